The SMILES string of the molecule is C=CC(=O)NC1CC2CN(S(=O)(=O)c3ccc(N(Cc4ccccc4)C(=O)O)cc3)CC2S1. The van der Waals surface area contributed by atoms with Gasteiger partial charge >= 0.3 is 6.09 Å². The number of hydrogen-bond acceptors (Lipinski definition) is 5. The van der Waals surface area contributed by atoms with Crippen molar-refractivity contribution in [3.8, 4) is 0 Å². The zero-order chi connectivity index (χ0) is 23.6. The molecule has 8 nitrogen and oxygen atoms in total. The van der Waals surface area contributed by atoms with Crippen LogP contribution in [0.4, 0.5) is 10.5 Å². The van der Waals surface area contributed by atoms with Crippen molar-refractivity contribution in [2.45, 2.75) is 28.5 Å². The largest absolute Gasteiger partial charge is 0.465 e. The van der Waals surface area contributed by atoms with Crippen molar-refractivity contribution >= 4 is 39.5 Å². The molecule has 10 heteroatoms. The van der Waals surface area contributed by atoms with Crippen molar-refractivity contribution in [2.75, 3.05) is 18.0 Å². The van der Waals surface area contributed by atoms with Crippen LogP contribution in [0.5, 0.6) is 0 Å². The molecular weight excluding hydrogens is 462 g/mol. The zero-order valence-corrected chi connectivity index (χ0v) is 19.5. The molecule has 3 unspecified atom stereocenters. The minimum atomic E-state index is -3.70. The average Bonchev–Trinajstić information content (AvgIpc) is 3.37. The van der Waals surface area contributed by atoms with Gasteiger partial charge in [-0.25, -0.2) is 13.2 Å². The highest BCUT2D eigenvalue weighted by Crippen LogP contribution is 2.43. The molecular formula is C23H25N3O5S2. The van der Waals surface area contributed by atoms with Crippen LogP contribution in [-0.2, 0) is 21.4 Å². The van der Waals surface area contributed by atoms with Crippen LogP contribution < -0.4 is 10.2 Å². The number of thioether (sulfide) groups is 1. The molecule has 174 valence electrons. The van der Waals surface area contributed by atoms with Gasteiger partial charge in [-0.3, -0.25) is 9.69 Å². The number of carboxylic acid groups (broad SMARTS) is 1. The van der Waals surface area contributed by atoms with Gasteiger partial charge in [-0.15, -0.1) is 11.8 Å². The lowest BCUT2D eigenvalue weighted by atomic mass is 10.1. The Morgan fingerprint density at radius 2 is 1.85 bits per heavy atom. The van der Waals surface area contributed by atoms with Gasteiger partial charge in [0.2, 0.25) is 15.9 Å². The summed E-state index contributed by atoms with van der Waals surface area (Å²) in [6, 6.07) is 15.2. The molecule has 2 aromatic rings. The topological polar surface area (TPSA) is 107 Å². The molecule has 4 rings (SSSR count). The third kappa shape index (κ3) is 5.07. The molecule has 33 heavy (non-hydrogen) atoms. The number of amides is 2. The first-order chi connectivity index (χ1) is 15.8. The number of rotatable bonds is 7. The highest BCUT2D eigenvalue weighted by molar-refractivity contribution is 8.00. The molecule has 2 aromatic carbocycles. The third-order valence-electron chi connectivity index (χ3n) is 5.89. The van der Waals surface area contributed by atoms with Gasteiger partial charge < -0.3 is 10.4 Å². The van der Waals surface area contributed by atoms with Gasteiger partial charge in [0.05, 0.1) is 16.8 Å². The summed E-state index contributed by atoms with van der Waals surface area (Å²) in [6.45, 7) is 4.41. The number of fused-ring (bicyclic) bond motifs is 1. The number of nitrogens with zero attached hydrogens (tertiary/aromatic N) is 2. The van der Waals surface area contributed by atoms with Crippen LogP contribution in [0, 0.1) is 5.92 Å². The van der Waals surface area contributed by atoms with E-state index in [4.69, 9.17) is 0 Å². The number of carbonyl (C=O) groups is 2. The van der Waals surface area contributed by atoms with Crippen molar-refractivity contribution in [2.24, 2.45) is 5.92 Å². The van der Waals surface area contributed by atoms with Crippen LogP contribution in [0.15, 0.2) is 72.1 Å². The normalized spacial score (nSPS) is 22.5. The summed E-state index contributed by atoms with van der Waals surface area (Å²) < 4.78 is 27.8. The van der Waals surface area contributed by atoms with E-state index in [9.17, 15) is 23.1 Å². The Labute approximate surface area is 197 Å². The second-order valence-electron chi connectivity index (χ2n) is 8.04. The van der Waals surface area contributed by atoms with E-state index in [0.29, 0.717) is 25.2 Å². The van der Waals surface area contributed by atoms with Crippen LogP contribution in [0.25, 0.3) is 0 Å². The number of nitrogens with one attached hydrogen (secondary N) is 1. The molecule has 2 amide bonds. The Hall–Kier alpha value is -2.82. The van der Waals surface area contributed by atoms with E-state index in [2.05, 4.69) is 11.9 Å². The molecule has 2 saturated heterocycles. The molecule has 3 atom stereocenters. The van der Waals surface area contributed by atoms with Crippen molar-refractivity contribution in [1.29, 1.82) is 0 Å². The summed E-state index contributed by atoms with van der Waals surface area (Å²) in [5.41, 5.74) is 1.24. The fourth-order valence-corrected chi connectivity index (χ4v) is 7.48. The maximum absolute atomic E-state index is 13.2. The highest BCUT2D eigenvalue weighted by Gasteiger charge is 2.45. The fourth-order valence-electron chi connectivity index (χ4n) is 4.21. The maximum atomic E-state index is 13.2. The van der Waals surface area contributed by atoms with E-state index in [0.717, 1.165) is 5.56 Å². The van der Waals surface area contributed by atoms with E-state index in [1.807, 2.05) is 30.3 Å². The minimum absolute atomic E-state index is 0.0266. The second-order valence-corrected chi connectivity index (χ2v) is 11.4. The van der Waals surface area contributed by atoms with Gasteiger partial charge in [-0.2, -0.15) is 4.31 Å². The van der Waals surface area contributed by atoms with Gasteiger partial charge in [0.15, 0.2) is 0 Å². The van der Waals surface area contributed by atoms with Crippen LogP contribution in [0.1, 0.15) is 12.0 Å². The standard InChI is InChI=1S/C23H25N3O5S2/c1-2-21(27)24-22-12-17-14-25(15-20(17)32-22)33(30,31)19-10-8-18(9-11-19)26(23(28)29)13-16-6-4-3-5-7-16/h2-11,17,20,22H,1,12-15H2,(H,24,27)(H,28,29). The van der Waals surface area contributed by atoms with Crippen molar-refractivity contribution in [3.63, 3.8) is 0 Å². The first-order valence-corrected chi connectivity index (χ1v) is 12.9. The minimum Gasteiger partial charge on any atom is -0.465 e. The molecule has 0 aliphatic carbocycles. The van der Waals surface area contributed by atoms with Crippen LogP contribution in [0.2, 0.25) is 0 Å². The number of sulfonamides is 1. The molecule has 2 fully saturated rings. The van der Waals surface area contributed by atoms with E-state index in [1.54, 1.807) is 11.8 Å². The molecule has 0 radical (unpaired) electrons. The van der Waals surface area contributed by atoms with Crippen LogP contribution in [-0.4, -0.2) is 53.5 Å². The fraction of sp³-hybridized carbons (Fsp3) is 0.304. The Morgan fingerprint density at radius 3 is 2.45 bits per heavy atom. The smallest absolute Gasteiger partial charge is 0.412 e. The first kappa shape index (κ1) is 23.3. The van der Waals surface area contributed by atoms with Crippen LogP contribution in [0.3, 0.4) is 0 Å². The Bertz CT molecular complexity index is 1120. The lowest BCUT2D eigenvalue weighted by Crippen LogP contribution is -2.33. The van der Waals surface area contributed by atoms with Gasteiger partial charge in [0.1, 0.15) is 0 Å². The average molecular weight is 488 g/mol. The predicted octanol–water partition coefficient (Wildman–Crippen LogP) is 3.13. The number of benzene rings is 2. The van der Waals surface area contributed by atoms with Crippen LogP contribution >= 0.6 is 11.8 Å². The quantitative estimate of drug-likeness (QED) is 0.581. The summed E-state index contributed by atoms with van der Waals surface area (Å²) in [5, 5.41) is 12.6. The number of hydrogen-bond donors (Lipinski definition) is 2. The third-order valence-corrected chi connectivity index (χ3v) is 9.26. The molecule has 2 aliphatic rings. The van der Waals surface area contributed by atoms with Gasteiger partial charge in [0.25, 0.3) is 0 Å². The van der Waals surface area contributed by atoms with Crippen molar-refractivity contribution < 1.29 is 23.1 Å². The molecule has 0 bridgehead atoms. The lowest BCUT2D eigenvalue weighted by Gasteiger charge is -2.21. The Balaban J connectivity index is 1.44. The monoisotopic (exact) mass is 487 g/mol. The maximum Gasteiger partial charge on any atom is 0.412 e. The van der Waals surface area contributed by atoms with E-state index >= 15 is 0 Å². The van der Waals surface area contributed by atoms with Crippen molar-refractivity contribution in [3.05, 3.63) is 72.8 Å². The lowest BCUT2D eigenvalue weighted by molar-refractivity contribution is -0.116. The summed E-state index contributed by atoms with van der Waals surface area (Å²) in [6.07, 6.45) is 0.838. The summed E-state index contributed by atoms with van der Waals surface area (Å²) >= 11 is 1.59. The molecule has 0 saturated carbocycles. The van der Waals surface area contributed by atoms with E-state index in [1.165, 1.54) is 39.5 Å². The number of anilines is 1. The Morgan fingerprint density at radius 1 is 1.15 bits per heavy atom. The predicted molar refractivity (Wildman–Crippen MR) is 127 cm³/mol. The summed E-state index contributed by atoms with van der Waals surface area (Å²) in [4.78, 5) is 24.6. The van der Waals surface area contributed by atoms with E-state index < -0.39 is 16.1 Å². The molecule has 0 spiro atoms. The summed E-state index contributed by atoms with van der Waals surface area (Å²) in [7, 11) is -3.70. The van der Waals surface area contributed by atoms with Gasteiger partial charge in [-0.05, 0) is 48.2 Å². The highest BCUT2D eigenvalue weighted by atomic mass is 32.2. The summed E-state index contributed by atoms with van der Waals surface area (Å²) in [5.74, 6) is -0.0488. The second kappa shape index (κ2) is 9.58. The molecule has 2 aliphatic heterocycles. The molecule has 2 N–H and O–H groups in total. The van der Waals surface area contributed by atoms with Crippen molar-refractivity contribution in [1.82, 2.24) is 9.62 Å². The van der Waals surface area contributed by atoms with Gasteiger partial charge in [-0.1, -0.05) is 36.9 Å². The van der Waals surface area contributed by atoms with E-state index in [-0.39, 0.29) is 33.9 Å². The zero-order valence-electron chi connectivity index (χ0n) is 17.8. The molecule has 0 aromatic heterocycles. The first-order valence-electron chi connectivity index (χ1n) is 10.5. The molecule has 2 heterocycles. The van der Waals surface area contributed by atoms with Gasteiger partial charge in [0, 0.05) is 24.0 Å². The number of carbonyl (C=O) groups excluding carboxylic acids is 1. The Kier molecular flexibility index (Phi) is 6.78.